The normalized spacial score (nSPS) is 17.8. The van der Waals surface area contributed by atoms with E-state index in [0.29, 0.717) is 13.1 Å². The molecule has 0 atom stereocenters. The molecule has 0 radical (unpaired) electrons. The van der Waals surface area contributed by atoms with Crippen LogP contribution in [0.4, 0.5) is 13.2 Å². The zero-order valence-electron chi connectivity index (χ0n) is 6.73. The van der Waals surface area contributed by atoms with Gasteiger partial charge in [-0.3, -0.25) is 10.00 Å². The van der Waals surface area contributed by atoms with Crippen molar-refractivity contribution in [1.82, 2.24) is 15.1 Å². The van der Waals surface area contributed by atoms with Gasteiger partial charge in [0, 0.05) is 18.7 Å². The summed E-state index contributed by atoms with van der Waals surface area (Å²) in [5.74, 6) is 0. The van der Waals surface area contributed by atoms with E-state index < -0.39 is 12.7 Å². The topological polar surface area (TPSA) is 31.9 Å². The number of alkyl halides is 3. The molecule has 2 heterocycles. The van der Waals surface area contributed by atoms with Crippen LogP contribution in [0.2, 0.25) is 0 Å². The summed E-state index contributed by atoms with van der Waals surface area (Å²) >= 11 is 0. The zero-order chi connectivity index (χ0) is 9.47. The first kappa shape index (κ1) is 8.55. The third-order valence-electron chi connectivity index (χ3n) is 1.99. The molecule has 0 bridgehead atoms. The molecule has 1 N–H and O–H groups in total. The molecule has 13 heavy (non-hydrogen) atoms. The number of halogens is 3. The maximum absolute atomic E-state index is 12.0. The fourth-order valence-electron chi connectivity index (χ4n) is 1.50. The van der Waals surface area contributed by atoms with Crippen LogP contribution in [0.5, 0.6) is 0 Å². The van der Waals surface area contributed by atoms with Gasteiger partial charge in [-0.15, -0.1) is 0 Å². The van der Waals surface area contributed by atoms with E-state index in [1.54, 1.807) is 6.20 Å². The molecule has 0 aliphatic carbocycles. The van der Waals surface area contributed by atoms with Gasteiger partial charge in [0.05, 0.1) is 18.4 Å². The van der Waals surface area contributed by atoms with E-state index >= 15 is 0 Å². The van der Waals surface area contributed by atoms with E-state index in [9.17, 15) is 13.2 Å². The van der Waals surface area contributed by atoms with E-state index in [1.165, 1.54) is 4.90 Å². The van der Waals surface area contributed by atoms with Crippen LogP contribution < -0.4 is 0 Å². The molecule has 0 saturated heterocycles. The molecular formula is C7H8F3N3. The molecule has 3 nitrogen and oxygen atoms in total. The molecule has 2 rings (SSSR count). The van der Waals surface area contributed by atoms with Crippen LogP contribution in [0, 0.1) is 0 Å². The molecule has 1 aliphatic rings. The molecule has 0 saturated carbocycles. The summed E-state index contributed by atoms with van der Waals surface area (Å²) in [6.45, 7) is -0.199. The minimum atomic E-state index is -4.11. The zero-order valence-corrected chi connectivity index (χ0v) is 6.73. The van der Waals surface area contributed by atoms with Gasteiger partial charge in [-0.1, -0.05) is 0 Å². The van der Waals surface area contributed by atoms with Crippen LogP contribution in [0.3, 0.4) is 0 Å². The summed E-state index contributed by atoms with van der Waals surface area (Å²) in [6, 6.07) is 0. The van der Waals surface area contributed by atoms with Gasteiger partial charge in [0.1, 0.15) is 0 Å². The Hall–Kier alpha value is -1.04. The Bertz CT molecular complexity index is 284. The number of nitrogens with zero attached hydrogens (tertiary/aromatic N) is 2. The van der Waals surface area contributed by atoms with E-state index in [0.717, 1.165) is 11.3 Å². The molecule has 0 aromatic carbocycles. The maximum atomic E-state index is 12.0. The highest BCUT2D eigenvalue weighted by Crippen LogP contribution is 2.24. The van der Waals surface area contributed by atoms with Gasteiger partial charge in [-0.25, -0.2) is 0 Å². The Morgan fingerprint density at radius 2 is 2.23 bits per heavy atom. The first-order chi connectivity index (χ1) is 6.04. The summed E-state index contributed by atoms with van der Waals surface area (Å²) in [4.78, 5) is 1.34. The number of H-pyrrole nitrogens is 1. The summed E-state index contributed by atoms with van der Waals surface area (Å²) in [5.41, 5.74) is 1.66. The fraction of sp³-hybridized carbons (Fsp3) is 0.571. The SMILES string of the molecule is FC(F)(F)CN1Cc2cn[nH]c2C1. The first-order valence-corrected chi connectivity index (χ1v) is 3.85. The van der Waals surface area contributed by atoms with Crippen molar-refractivity contribution in [3.8, 4) is 0 Å². The quantitative estimate of drug-likeness (QED) is 0.725. The maximum Gasteiger partial charge on any atom is 0.401 e. The van der Waals surface area contributed by atoms with Crippen molar-refractivity contribution in [2.24, 2.45) is 0 Å². The highest BCUT2D eigenvalue weighted by Gasteiger charge is 2.33. The van der Waals surface area contributed by atoms with Crippen LogP contribution in [-0.2, 0) is 13.1 Å². The second-order valence-corrected chi connectivity index (χ2v) is 3.13. The van der Waals surface area contributed by atoms with Crippen LogP contribution in [-0.4, -0.2) is 27.8 Å². The molecule has 0 amide bonds. The summed E-state index contributed by atoms with van der Waals surface area (Å²) in [5, 5.41) is 6.42. The molecule has 1 aromatic rings. The van der Waals surface area contributed by atoms with Crippen LogP contribution >= 0.6 is 0 Å². The number of aromatic nitrogens is 2. The molecular weight excluding hydrogens is 183 g/mol. The van der Waals surface area contributed by atoms with Gasteiger partial charge in [0.25, 0.3) is 0 Å². The van der Waals surface area contributed by atoms with Crippen LogP contribution in [0.15, 0.2) is 6.20 Å². The minimum Gasteiger partial charge on any atom is -0.285 e. The predicted octanol–water partition coefficient (Wildman–Crippen LogP) is 1.29. The lowest BCUT2D eigenvalue weighted by molar-refractivity contribution is -0.147. The number of rotatable bonds is 1. The highest BCUT2D eigenvalue weighted by molar-refractivity contribution is 5.20. The van der Waals surface area contributed by atoms with E-state index in [2.05, 4.69) is 10.2 Å². The van der Waals surface area contributed by atoms with E-state index in [1.807, 2.05) is 0 Å². The number of fused-ring (bicyclic) bond motifs is 1. The molecule has 72 valence electrons. The second kappa shape index (κ2) is 2.73. The van der Waals surface area contributed by atoms with Gasteiger partial charge in [0.15, 0.2) is 0 Å². The van der Waals surface area contributed by atoms with Crippen molar-refractivity contribution in [2.45, 2.75) is 19.3 Å². The number of aromatic amines is 1. The molecule has 0 unspecified atom stereocenters. The summed E-state index contributed by atoms with van der Waals surface area (Å²) in [6.07, 6.45) is -2.54. The average molecular weight is 191 g/mol. The van der Waals surface area contributed by atoms with Crippen LogP contribution in [0.25, 0.3) is 0 Å². The van der Waals surface area contributed by atoms with Crippen molar-refractivity contribution >= 4 is 0 Å². The lowest BCUT2D eigenvalue weighted by atomic mass is 10.3. The Balaban J connectivity index is 1.99. The highest BCUT2D eigenvalue weighted by atomic mass is 19.4. The van der Waals surface area contributed by atoms with Gasteiger partial charge >= 0.3 is 6.18 Å². The number of hydrogen-bond acceptors (Lipinski definition) is 2. The standard InChI is InChI=1S/C7H8F3N3/c8-7(9,10)4-13-2-5-1-11-12-6(5)3-13/h1H,2-4H2,(H,11,12). The van der Waals surface area contributed by atoms with E-state index in [-0.39, 0.29) is 0 Å². The van der Waals surface area contributed by atoms with Crippen molar-refractivity contribution in [3.05, 3.63) is 17.5 Å². The van der Waals surface area contributed by atoms with Crippen LogP contribution in [0.1, 0.15) is 11.3 Å². The lowest BCUT2D eigenvalue weighted by Gasteiger charge is -2.16. The summed E-state index contributed by atoms with van der Waals surface area (Å²) < 4.78 is 35.9. The second-order valence-electron chi connectivity index (χ2n) is 3.13. The van der Waals surface area contributed by atoms with Gasteiger partial charge in [0.2, 0.25) is 0 Å². The van der Waals surface area contributed by atoms with Gasteiger partial charge in [-0.05, 0) is 0 Å². The Kier molecular flexibility index (Phi) is 1.80. The van der Waals surface area contributed by atoms with Crippen molar-refractivity contribution in [1.29, 1.82) is 0 Å². The molecule has 1 aromatic heterocycles. The molecule has 0 spiro atoms. The molecule has 6 heteroatoms. The Morgan fingerprint density at radius 3 is 2.85 bits per heavy atom. The fourth-order valence-corrected chi connectivity index (χ4v) is 1.50. The largest absolute Gasteiger partial charge is 0.401 e. The smallest absolute Gasteiger partial charge is 0.285 e. The Morgan fingerprint density at radius 1 is 1.46 bits per heavy atom. The number of hydrogen-bond donors (Lipinski definition) is 1. The predicted molar refractivity (Wildman–Crippen MR) is 38.8 cm³/mol. The third-order valence-corrected chi connectivity index (χ3v) is 1.99. The number of nitrogens with one attached hydrogen (secondary N) is 1. The van der Waals surface area contributed by atoms with Crippen molar-refractivity contribution < 1.29 is 13.2 Å². The average Bonchev–Trinajstić information content (AvgIpc) is 2.40. The molecule has 0 fully saturated rings. The van der Waals surface area contributed by atoms with Gasteiger partial charge < -0.3 is 0 Å². The van der Waals surface area contributed by atoms with E-state index in [4.69, 9.17) is 0 Å². The molecule has 1 aliphatic heterocycles. The van der Waals surface area contributed by atoms with Crippen molar-refractivity contribution in [3.63, 3.8) is 0 Å². The monoisotopic (exact) mass is 191 g/mol. The minimum absolute atomic E-state index is 0.314. The third kappa shape index (κ3) is 1.82. The van der Waals surface area contributed by atoms with Gasteiger partial charge in [-0.2, -0.15) is 18.3 Å². The first-order valence-electron chi connectivity index (χ1n) is 3.85. The Labute approximate surface area is 72.5 Å². The summed E-state index contributed by atoms with van der Waals surface area (Å²) in [7, 11) is 0. The lowest BCUT2D eigenvalue weighted by Crippen LogP contribution is -2.30. The van der Waals surface area contributed by atoms with Crippen molar-refractivity contribution in [2.75, 3.05) is 6.54 Å².